The number of hydrogen-bond donors (Lipinski definition) is 1. The Kier molecular flexibility index (Phi) is 2.09. The van der Waals surface area contributed by atoms with Gasteiger partial charge in [-0.1, -0.05) is 13.3 Å². The molecule has 1 N–H and O–H groups in total. The molecule has 2 saturated carbocycles. The van der Waals surface area contributed by atoms with Crippen LogP contribution in [0.3, 0.4) is 0 Å². The molecule has 0 spiro atoms. The second kappa shape index (κ2) is 3.00. The lowest BCUT2D eigenvalue weighted by atomic mass is 9.61. The lowest BCUT2D eigenvalue weighted by molar-refractivity contribution is -0.157. The summed E-state index contributed by atoms with van der Waals surface area (Å²) in [6, 6.07) is 0. The van der Waals surface area contributed by atoms with Gasteiger partial charge < -0.3 is 5.11 Å². The molecule has 2 heteroatoms. The summed E-state index contributed by atoms with van der Waals surface area (Å²) in [5.74, 6) is 0.463. The molecule has 0 aromatic heterocycles. The van der Waals surface area contributed by atoms with Gasteiger partial charge in [0.2, 0.25) is 0 Å². The summed E-state index contributed by atoms with van der Waals surface area (Å²) in [6.07, 6.45) is 6.67. The molecule has 1 atom stereocenters. The summed E-state index contributed by atoms with van der Waals surface area (Å²) in [5.41, 5.74) is -0.335. The van der Waals surface area contributed by atoms with Crippen molar-refractivity contribution >= 4 is 5.97 Å². The van der Waals surface area contributed by atoms with Gasteiger partial charge in [0.05, 0.1) is 5.41 Å². The van der Waals surface area contributed by atoms with Gasteiger partial charge in [0.1, 0.15) is 0 Å². The quantitative estimate of drug-likeness (QED) is 0.725. The van der Waals surface area contributed by atoms with Crippen LogP contribution in [0.4, 0.5) is 0 Å². The smallest absolute Gasteiger partial charge is 0.310 e. The van der Waals surface area contributed by atoms with Crippen LogP contribution < -0.4 is 0 Å². The van der Waals surface area contributed by atoms with Crippen LogP contribution in [0.1, 0.15) is 45.4 Å². The predicted molar refractivity (Wildman–Crippen MR) is 50.4 cm³/mol. The van der Waals surface area contributed by atoms with Gasteiger partial charge in [-0.2, -0.15) is 0 Å². The monoisotopic (exact) mass is 182 g/mol. The molecule has 0 aliphatic heterocycles. The number of rotatable bonds is 4. The molecule has 0 bridgehead atoms. The fourth-order valence-electron chi connectivity index (χ4n) is 2.93. The molecule has 74 valence electrons. The van der Waals surface area contributed by atoms with Crippen LogP contribution in [0.25, 0.3) is 0 Å². The highest BCUT2D eigenvalue weighted by Gasteiger charge is 2.55. The minimum absolute atomic E-state index is 0.335. The number of carbonyl (C=O) groups is 1. The van der Waals surface area contributed by atoms with Gasteiger partial charge in [-0.15, -0.1) is 0 Å². The minimum Gasteiger partial charge on any atom is -0.481 e. The molecule has 2 aliphatic rings. The summed E-state index contributed by atoms with van der Waals surface area (Å²) >= 11 is 0. The van der Waals surface area contributed by atoms with E-state index in [9.17, 15) is 9.90 Å². The SMILES string of the molecule is CCC(C(=O)O)(C1CCC1)C1CC1. The molecule has 0 aromatic rings. The van der Waals surface area contributed by atoms with Gasteiger partial charge in [0, 0.05) is 0 Å². The van der Waals surface area contributed by atoms with Crippen LogP contribution in [-0.2, 0) is 4.79 Å². The first kappa shape index (κ1) is 9.04. The molecule has 13 heavy (non-hydrogen) atoms. The number of aliphatic carboxylic acids is 1. The third-order valence-corrected chi connectivity index (χ3v) is 4.12. The number of carboxylic acid groups (broad SMARTS) is 1. The largest absolute Gasteiger partial charge is 0.481 e. The molecule has 0 radical (unpaired) electrons. The first-order valence-corrected chi connectivity index (χ1v) is 5.45. The van der Waals surface area contributed by atoms with Crippen molar-refractivity contribution in [2.24, 2.45) is 17.3 Å². The average molecular weight is 182 g/mol. The zero-order chi connectivity index (χ0) is 9.47. The summed E-state index contributed by atoms with van der Waals surface area (Å²) in [7, 11) is 0. The van der Waals surface area contributed by atoms with Crippen LogP contribution in [0.2, 0.25) is 0 Å². The van der Waals surface area contributed by atoms with Crippen LogP contribution in [0, 0.1) is 17.3 Å². The maximum atomic E-state index is 11.4. The fourth-order valence-corrected chi connectivity index (χ4v) is 2.93. The standard InChI is InChI=1S/C11H18O2/c1-2-11(10(12)13,9-6-7-9)8-4-3-5-8/h8-9H,2-7H2,1H3,(H,12,13). The second-order valence-corrected chi connectivity index (χ2v) is 4.60. The van der Waals surface area contributed by atoms with Crippen molar-refractivity contribution in [2.75, 3.05) is 0 Å². The fraction of sp³-hybridized carbons (Fsp3) is 0.909. The molecule has 0 aromatic carbocycles. The Labute approximate surface area is 79.3 Å². The van der Waals surface area contributed by atoms with E-state index in [1.807, 2.05) is 6.92 Å². The van der Waals surface area contributed by atoms with Crippen LogP contribution >= 0.6 is 0 Å². The van der Waals surface area contributed by atoms with Crippen LogP contribution in [0.15, 0.2) is 0 Å². The number of hydrogen-bond acceptors (Lipinski definition) is 1. The first-order chi connectivity index (χ1) is 6.21. The van der Waals surface area contributed by atoms with E-state index in [1.54, 1.807) is 0 Å². The van der Waals surface area contributed by atoms with Gasteiger partial charge >= 0.3 is 5.97 Å². The molecule has 2 fully saturated rings. The Morgan fingerprint density at radius 1 is 1.31 bits per heavy atom. The molecule has 0 saturated heterocycles. The normalized spacial score (nSPS) is 27.8. The maximum absolute atomic E-state index is 11.4. The van der Waals surface area contributed by atoms with E-state index in [-0.39, 0.29) is 5.41 Å². The van der Waals surface area contributed by atoms with E-state index >= 15 is 0 Å². The lowest BCUT2D eigenvalue weighted by Gasteiger charge is -2.42. The lowest BCUT2D eigenvalue weighted by Crippen LogP contribution is -2.43. The summed E-state index contributed by atoms with van der Waals surface area (Å²) in [6.45, 7) is 2.05. The molecule has 2 aliphatic carbocycles. The molecule has 0 heterocycles. The van der Waals surface area contributed by atoms with Crippen LogP contribution in [-0.4, -0.2) is 11.1 Å². The van der Waals surface area contributed by atoms with E-state index in [4.69, 9.17) is 0 Å². The Hall–Kier alpha value is -0.530. The van der Waals surface area contributed by atoms with Gasteiger partial charge in [-0.05, 0) is 43.9 Å². The predicted octanol–water partition coefficient (Wildman–Crippen LogP) is 2.68. The van der Waals surface area contributed by atoms with Crippen molar-refractivity contribution < 1.29 is 9.90 Å². The molecular weight excluding hydrogens is 164 g/mol. The van der Waals surface area contributed by atoms with Gasteiger partial charge in [-0.3, -0.25) is 4.79 Å². The van der Waals surface area contributed by atoms with Crippen molar-refractivity contribution in [2.45, 2.75) is 45.4 Å². The molecule has 1 unspecified atom stereocenters. The molecule has 0 amide bonds. The average Bonchev–Trinajstić information content (AvgIpc) is 2.77. The summed E-state index contributed by atoms with van der Waals surface area (Å²) < 4.78 is 0. The van der Waals surface area contributed by atoms with Gasteiger partial charge in [0.15, 0.2) is 0 Å². The van der Waals surface area contributed by atoms with E-state index in [0.29, 0.717) is 11.8 Å². The third-order valence-electron chi connectivity index (χ3n) is 4.12. The maximum Gasteiger partial charge on any atom is 0.310 e. The zero-order valence-corrected chi connectivity index (χ0v) is 8.25. The topological polar surface area (TPSA) is 37.3 Å². The van der Waals surface area contributed by atoms with Crippen molar-refractivity contribution in [3.05, 3.63) is 0 Å². The second-order valence-electron chi connectivity index (χ2n) is 4.60. The van der Waals surface area contributed by atoms with Crippen molar-refractivity contribution in [3.63, 3.8) is 0 Å². The summed E-state index contributed by atoms with van der Waals surface area (Å²) in [5, 5.41) is 9.37. The molecular formula is C11H18O2. The highest BCUT2D eigenvalue weighted by molar-refractivity contribution is 5.76. The van der Waals surface area contributed by atoms with Gasteiger partial charge in [0.25, 0.3) is 0 Å². The van der Waals surface area contributed by atoms with Crippen molar-refractivity contribution in [3.8, 4) is 0 Å². The molecule has 2 nitrogen and oxygen atoms in total. The van der Waals surface area contributed by atoms with E-state index in [2.05, 4.69) is 0 Å². The Morgan fingerprint density at radius 3 is 2.08 bits per heavy atom. The van der Waals surface area contributed by atoms with E-state index in [0.717, 1.165) is 32.1 Å². The van der Waals surface area contributed by atoms with Crippen molar-refractivity contribution in [1.82, 2.24) is 0 Å². The van der Waals surface area contributed by atoms with Crippen LogP contribution in [0.5, 0.6) is 0 Å². The van der Waals surface area contributed by atoms with Gasteiger partial charge in [-0.25, -0.2) is 0 Å². The van der Waals surface area contributed by atoms with E-state index < -0.39 is 5.97 Å². The highest BCUT2D eigenvalue weighted by atomic mass is 16.4. The Bertz CT molecular complexity index is 216. The first-order valence-electron chi connectivity index (χ1n) is 5.45. The number of carboxylic acids is 1. The van der Waals surface area contributed by atoms with E-state index in [1.165, 1.54) is 6.42 Å². The minimum atomic E-state index is -0.526. The summed E-state index contributed by atoms with van der Waals surface area (Å²) in [4.78, 5) is 11.4. The Morgan fingerprint density at radius 2 is 1.85 bits per heavy atom. The highest BCUT2D eigenvalue weighted by Crippen LogP contribution is 2.57. The zero-order valence-electron chi connectivity index (χ0n) is 8.25. The third kappa shape index (κ3) is 1.18. The van der Waals surface area contributed by atoms with Crippen molar-refractivity contribution in [1.29, 1.82) is 0 Å². The molecule has 2 rings (SSSR count). The Balaban J connectivity index is 2.19.